The van der Waals surface area contributed by atoms with Crippen molar-refractivity contribution >= 4 is 34.7 Å². The minimum absolute atomic E-state index is 0.0864. The maximum Gasteiger partial charge on any atom is 0.300 e. The van der Waals surface area contributed by atoms with Crippen molar-refractivity contribution in [1.82, 2.24) is 0 Å². The predicted molar refractivity (Wildman–Crippen MR) is 116 cm³/mol. The second-order valence-electron chi connectivity index (χ2n) is 6.93. The zero-order chi connectivity index (χ0) is 22.1. The van der Waals surface area contributed by atoms with E-state index >= 15 is 0 Å². The van der Waals surface area contributed by atoms with E-state index in [0.717, 1.165) is 0 Å². The van der Waals surface area contributed by atoms with E-state index in [2.05, 4.69) is 0 Å². The van der Waals surface area contributed by atoms with Gasteiger partial charge in [-0.3, -0.25) is 14.5 Å². The quantitative estimate of drug-likeness (QED) is 0.350. The molecular formula is C24H17ClFNO4. The standard InChI is InChI=1S/C24H17ClFNO4/c1-31-19-12-4-15(5-13-19)22(28)20-21(14-2-8-17(26)9-3-14)27(24(30)23(20)29)18-10-6-16(25)7-11-18/h2-13,21,28H,1H3/b22-20-. The molecule has 0 saturated carbocycles. The Balaban J connectivity index is 1.91. The molecule has 0 aliphatic carbocycles. The third-order valence-electron chi connectivity index (χ3n) is 5.10. The molecule has 0 aromatic heterocycles. The van der Waals surface area contributed by atoms with Crippen LogP contribution in [0.1, 0.15) is 17.2 Å². The molecule has 5 nitrogen and oxygen atoms in total. The van der Waals surface area contributed by atoms with Crippen molar-refractivity contribution in [1.29, 1.82) is 0 Å². The van der Waals surface area contributed by atoms with Crippen LogP contribution >= 0.6 is 11.6 Å². The summed E-state index contributed by atoms with van der Waals surface area (Å²) >= 11 is 5.97. The Morgan fingerprint density at radius 1 is 0.968 bits per heavy atom. The summed E-state index contributed by atoms with van der Waals surface area (Å²) in [5, 5.41) is 11.5. The Morgan fingerprint density at radius 3 is 2.16 bits per heavy atom. The van der Waals surface area contributed by atoms with Crippen LogP contribution in [0.4, 0.5) is 10.1 Å². The highest BCUT2D eigenvalue weighted by Gasteiger charge is 2.46. The molecule has 1 aliphatic rings. The molecule has 1 N–H and O–H groups in total. The van der Waals surface area contributed by atoms with Crippen molar-refractivity contribution in [3.8, 4) is 5.75 Å². The van der Waals surface area contributed by atoms with Gasteiger partial charge in [0.15, 0.2) is 0 Å². The van der Waals surface area contributed by atoms with E-state index in [-0.39, 0.29) is 11.3 Å². The van der Waals surface area contributed by atoms with Crippen molar-refractivity contribution in [3.05, 3.63) is 100 Å². The zero-order valence-corrected chi connectivity index (χ0v) is 17.1. The van der Waals surface area contributed by atoms with E-state index in [1.54, 1.807) is 48.5 Å². The maximum absolute atomic E-state index is 13.5. The number of nitrogens with zero attached hydrogens (tertiary/aromatic N) is 1. The molecule has 1 amide bonds. The molecule has 3 aromatic rings. The summed E-state index contributed by atoms with van der Waals surface area (Å²) < 4.78 is 18.7. The summed E-state index contributed by atoms with van der Waals surface area (Å²) in [6, 6.07) is 17.4. The number of halogens is 2. The molecule has 7 heteroatoms. The van der Waals surface area contributed by atoms with Gasteiger partial charge in [0, 0.05) is 16.3 Å². The Hall–Kier alpha value is -3.64. The second-order valence-corrected chi connectivity index (χ2v) is 7.36. The fourth-order valence-corrected chi connectivity index (χ4v) is 3.69. The highest BCUT2D eigenvalue weighted by Crippen LogP contribution is 2.42. The molecule has 1 fully saturated rings. The third-order valence-corrected chi connectivity index (χ3v) is 5.35. The first-order valence-corrected chi connectivity index (χ1v) is 9.75. The van der Waals surface area contributed by atoms with E-state index in [4.69, 9.17) is 16.3 Å². The largest absolute Gasteiger partial charge is 0.507 e. The van der Waals surface area contributed by atoms with Gasteiger partial charge in [0.1, 0.15) is 17.3 Å². The average Bonchev–Trinajstić information content (AvgIpc) is 3.05. The number of Topliss-reactive ketones (excluding diaryl/α,β-unsaturated/α-hetero) is 1. The first-order valence-electron chi connectivity index (χ1n) is 9.37. The minimum Gasteiger partial charge on any atom is -0.507 e. The zero-order valence-electron chi connectivity index (χ0n) is 16.4. The number of hydrogen-bond donors (Lipinski definition) is 1. The van der Waals surface area contributed by atoms with Crippen molar-refractivity contribution in [2.75, 3.05) is 12.0 Å². The lowest BCUT2D eigenvalue weighted by molar-refractivity contribution is -0.132. The molecule has 0 spiro atoms. The van der Waals surface area contributed by atoms with Crippen LogP contribution < -0.4 is 9.64 Å². The molecule has 1 saturated heterocycles. The lowest BCUT2D eigenvalue weighted by Crippen LogP contribution is -2.29. The van der Waals surface area contributed by atoms with Gasteiger partial charge in [-0.05, 0) is 66.2 Å². The van der Waals surface area contributed by atoms with E-state index in [1.807, 2.05) is 0 Å². The number of hydrogen-bond acceptors (Lipinski definition) is 4. The van der Waals surface area contributed by atoms with Crippen LogP contribution in [0.2, 0.25) is 5.02 Å². The number of carbonyl (C=O) groups excluding carboxylic acids is 2. The number of methoxy groups -OCH3 is 1. The van der Waals surface area contributed by atoms with Crippen LogP contribution in [0.15, 0.2) is 78.4 Å². The molecule has 1 atom stereocenters. The van der Waals surface area contributed by atoms with Crippen LogP contribution in [0.5, 0.6) is 5.75 Å². The summed E-state index contributed by atoms with van der Waals surface area (Å²) in [5.41, 5.74) is 1.17. The smallest absolute Gasteiger partial charge is 0.300 e. The number of benzene rings is 3. The van der Waals surface area contributed by atoms with Crippen LogP contribution in [-0.4, -0.2) is 23.9 Å². The molecule has 4 rings (SSSR count). The lowest BCUT2D eigenvalue weighted by Gasteiger charge is -2.25. The predicted octanol–water partition coefficient (Wildman–Crippen LogP) is 5.11. The monoisotopic (exact) mass is 437 g/mol. The number of ketones is 1. The van der Waals surface area contributed by atoms with Gasteiger partial charge in [0.2, 0.25) is 0 Å². The number of anilines is 1. The SMILES string of the molecule is COc1ccc(/C(O)=C2/C(=O)C(=O)N(c3ccc(Cl)cc3)C2c2ccc(F)cc2)cc1. The molecule has 31 heavy (non-hydrogen) atoms. The van der Waals surface area contributed by atoms with E-state index in [9.17, 15) is 19.1 Å². The maximum atomic E-state index is 13.5. The number of amides is 1. The van der Waals surface area contributed by atoms with Gasteiger partial charge in [0.05, 0.1) is 18.7 Å². The molecule has 0 bridgehead atoms. The molecule has 0 radical (unpaired) electrons. The van der Waals surface area contributed by atoms with Gasteiger partial charge >= 0.3 is 0 Å². The Morgan fingerprint density at radius 2 is 1.58 bits per heavy atom. The highest BCUT2D eigenvalue weighted by molar-refractivity contribution is 6.51. The summed E-state index contributed by atoms with van der Waals surface area (Å²) in [4.78, 5) is 27.3. The lowest BCUT2D eigenvalue weighted by atomic mass is 9.95. The molecule has 3 aromatic carbocycles. The van der Waals surface area contributed by atoms with Gasteiger partial charge < -0.3 is 9.84 Å². The van der Waals surface area contributed by atoms with Gasteiger partial charge in [-0.15, -0.1) is 0 Å². The first-order chi connectivity index (χ1) is 14.9. The Bertz CT molecular complexity index is 1170. The molecular weight excluding hydrogens is 421 g/mol. The normalized spacial score (nSPS) is 17.8. The topological polar surface area (TPSA) is 66.8 Å². The Kier molecular flexibility index (Phi) is 5.48. The van der Waals surface area contributed by atoms with Crippen LogP contribution in [0.25, 0.3) is 5.76 Å². The Labute approximate surface area is 182 Å². The second kappa shape index (κ2) is 8.24. The van der Waals surface area contributed by atoms with Gasteiger partial charge in [0.25, 0.3) is 11.7 Å². The molecule has 1 unspecified atom stereocenters. The number of ether oxygens (including phenoxy) is 1. The van der Waals surface area contributed by atoms with E-state index < -0.39 is 23.5 Å². The van der Waals surface area contributed by atoms with Crippen LogP contribution in [-0.2, 0) is 9.59 Å². The van der Waals surface area contributed by atoms with Crippen molar-refractivity contribution < 1.29 is 23.8 Å². The molecule has 156 valence electrons. The minimum atomic E-state index is -0.941. The van der Waals surface area contributed by atoms with E-state index in [1.165, 1.54) is 36.3 Å². The fraction of sp³-hybridized carbons (Fsp3) is 0.0833. The number of aliphatic hydroxyl groups excluding tert-OH is 1. The molecule has 1 heterocycles. The van der Waals surface area contributed by atoms with Crippen LogP contribution in [0.3, 0.4) is 0 Å². The van der Waals surface area contributed by atoms with E-state index in [0.29, 0.717) is 27.6 Å². The van der Waals surface area contributed by atoms with Crippen molar-refractivity contribution in [2.45, 2.75) is 6.04 Å². The number of carbonyl (C=O) groups is 2. The average molecular weight is 438 g/mol. The number of rotatable bonds is 4. The molecule has 1 aliphatic heterocycles. The van der Waals surface area contributed by atoms with Gasteiger partial charge in [-0.25, -0.2) is 4.39 Å². The summed E-state index contributed by atoms with van der Waals surface area (Å²) in [6.45, 7) is 0. The summed E-state index contributed by atoms with van der Waals surface area (Å²) in [6.07, 6.45) is 0. The van der Waals surface area contributed by atoms with Crippen LogP contribution in [0, 0.1) is 5.82 Å². The number of aliphatic hydroxyl groups is 1. The first kappa shape index (κ1) is 20.6. The van der Waals surface area contributed by atoms with Crippen molar-refractivity contribution in [2.24, 2.45) is 0 Å². The highest BCUT2D eigenvalue weighted by atomic mass is 35.5. The summed E-state index contributed by atoms with van der Waals surface area (Å²) in [5.74, 6) is -1.84. The van der Waals surface area contributed by atoms with Gasteiger partial charge in [-0.1, -0.05) is 23.7 Å². The van der Waals surface area contributed by atoms with Gasteiger partial charge in [-0.2, -0.15) is 0 Å². The summed E-state index contributed by atoms with van der Waals surface area (Å²) in [7, 11) is 1.51. The van der Waals surface area contributed by atoms with Crippen molar-refractivity contribution in [3.63, 3.8) is 0 Å². The third kappa shape index (κ3) is 3.78. The fourth-order valence-electron chi connectivity index (χ4n) is 3.57.